The molecule has 0 atom stereocenters. The highest BCUT2D eigenvalue weighted by Gasteiger charge is 2.39. The first-order valence-electron chi connectivity index (χ1n) is 8.77. The molecular formula is C21H19BrN3O3PS. The van der Waals surface area contributed by atoms with E-state index < -0.39 is 7.94 Å². The molecule has 154 valence electrons. The van der Waals surface area contributed by atoms with E-state index in [0.29, 0.717) is 21.8 Å². The number of nitrogens with one attached hydrogen (secondary N) is 1. The number of thioether (sulfide) groups is 1. The molecule has 0 aliphatic carbocycles. The van der Waals surface area contributed by atoms with Gasteiger partial charge in [0.05, 0.1) is 30.4 Å². The predicted molar refractivity (Wildman–Crippen MR) is 122 cm³/mol. The summed E-state index contributed by atoms with van der Waals surface area (Å²) in [5.41, 5.74) is 2.18. The van der Waals surface area contributed by atoms with Crippen LogP contribution in [0.5, 0.6) is 0 Å². The molecule has 0 aliphatic rings. The number of pyridine rings is 1. The maximum Gasteiger partial charge on any atom is 0.275 e. The van der Waals surface area contributed by atoms with Gasteiger partial charge < -0.3 is 4.89 Å². The summed E-state index contributed by atoms with van der Waals surface area (Å²) in [5.74, 6) is 0. The van der Waals surface area contributed by atoms with Crippen molar-refractivity contribution >= 4 is 40.9 Å². The Labute approximate surface area is 188 Å². The molecule has 0 aliphatic heterocycles. The Bertz CT molecular complexity index is 1160. The lowest BCUT2D eigenvalue weighted by Gasteiger charge is -2.28. The van der Waals surface area contributed by atoms with Gasteiger partial charge in [-0.05, 0) is 36.1 Å². The molecular weight excluding hydrogens is 485 g/mol. The fraction of sp³-hybridized carbons (Fsp3) is 0.143. The molecule has 0 saturated heterocycles. The van der Waals surface area contributed by atoms with E-state index in [2.05, 4.69) is 22.0 Å². The molecule has 3 rings (SSSR count). The summed E-state index contributed by atoms with van der Waals surface area (Å²) >= 11 is 4.66. The summed E-state index contributed by atoms with van der Waals surface area (Å²) in [5, 5.41) is 19.2. The second kappa shape index (κ2) is 9.44. The smallest absolute Gasteiger partial charge is 0.275 e. The number of aromatic nitrogens is 1. The summed E-state index contributed by atoms with van der Waals surface area (Å²) in [6.07, 6.45) is 1.77. The standard InChI is InChI=1S/C21H19BrN3O3PS/c1-27-29(26,28-2)19-20(30-3)17(13-23)18(14-7-5-4-6-8-14)25(21(19)24)16-11-9-15(22)10-12-16/h4-12,24H,1-3H3. The monoisotopic (exact) mass is 503 g/mol. The molecule has 9 heteroatoms. The Kier molecular flexibility index (Phi) is 7.14. The first-order chi connectivity index (χ1) is 14.4. The van der Waals surface area contributed by atoms with E-state index in [1.165, 1.54) is 26.0 Å². The van der Waals surface area contributed by atoms with Gasteiger partial charge in [0.15, 0.2) is 5.49 Å². The van der Waals surface area contributed by atoms with Crippen LogP contribution in [0.2, 0.25) is 0 Å². The summed E-state index contributed by atoms with van der Waals surface area (Å²) in [4.78, 5) is 13.8. The summed E-state index contributed by atoms with van der Waals surface area (Å²) in [7, 11) is -1.28. The van der Waals surface area contributed by atoms with Crippen LogP contribution in [0.25, 0.3) is 16.9 Å². The Morgan fingerprint density at radius 1 is 1.10 bits per heavy atom. The van der Waals surface area contributed by atoms with Crippen LogP contribution in [0, 0.1) is 16.7 Å². The molecule has 1 aromatic heterocycles. The Morgan fingerprint density at radius 3 is 2.20 bits per heavy atom. The third kappa shape index (κ3) is 3.97. The Morgan fingerprint density at radius 2 is 1.70 bits per heavy atom. The van der Waals surface area contributed by atoms with Gasteiger partial charge in [0.25, 0.3) is 7.94 Å². The lowest BCUT2D eigenvalue weighted by Crippen LogP contribution is -2.43. The van der Waals surface area contributed by atoms with Crippen LogP contribution in [0.4, 0.5) is 0 Å². The van der Waals surface area contributed by atoms with Gasteiger partial charge >= 0.3 is 0 Å². The van der Waals surface area contributed by atoms with Crippen molar-refractivity contribution in [1.29, 1.82) is 10.7 Å². The van der Waals surface area contributed by atoms with Gasteiger partial charge in [-0.2, -0.15) is 5.26 Å². The molecule has 0 amide bonds. The normalized spacial score (nSPS) is 11.3. The molecule has 0 unspecified atom stereocenters. The van der Waals surface area contributed by atoms with Crippen LogP contribution in [-0.4, -0.2) is 25.0 Å². The van der Waals surface area contributed by atoms with E-state index in [1.807, 2.05) is 54.6 Å². The van der Waals surface area contributed by atoms with E-state index in [-0.39, 0.29) is 10.8 Å². The average Bonchev–Trinajstić information content (AvgIpc) is 2.79. The first-order valence-corrected chi connectivity index (χ1v) is 12.3. The Balaban J connectivity index is 2.58. The fourth-order valence-corrected chi connectivity index (χ4v) is 5.94. The quantitative estimate of drug-likeness (QED) is 0.404. The maximum atomic E-state index is 13.4. The molecule has 3 aromatic rings. The number of rotatable bonds is 6. The second-order valence-corrected chi connectivity index (χ2v) is 10.0. The van der Waals surface area contributed by atoms with Crippen molar-refractivity contribution < 1.29 is 13.9 Å². The zero-order valence-corrected chi connectivity index (χ0v) is 19.8. The van der Waals surface area contributed by atoms with Crippen LogP contribution < -0.4 is 15.7 Å². The lowest BCUT2D eigenvalue weighted by atomic mass is 10.0. The maximum absolute atomic E-state index is 13.4. The SMILES string of the molecule is CO[P+]([O-])(OC)c1c(SC)c(C#N)c(-c2ccccc2)n(-c2ccc(Br)cc2)c1=N. The molecule has 0 spiro atoms. The van der Waals surface area contributed by atoms with Crippen molar-refractivity contribution in [3.05, 3.63) is 70.1 Å². The van der Waals surface area contributed by atoms with E-state index in [0.717, 1.165) is 10.0 Å². The van der Waals surface area contributed by atoms with Crippen molar-refractivity contribution in [2.75, 3.05) is 20.5 Å². The third-order valence-electron chi connectivity index (χ3n) is 4.55. The molecule has 2 aromatic carbocycles. The highest BCUT2D eigenvalue weighted by Crippen LogP contribution is 2.51. The van der Waals surface area contributed by atoms with Gasteiger partial charge in [-0.1, -0.05) is 46.3 Å². The summed E-state index contributed by atoms with van der Waals surface area (Å²) < 4.78 is 12.9. The predicted octanol–water partition coefficient (Wildman–Crippen LogP) is 4.02. The van der Waals surface area contributed by atoms with Crippen molar-refractivity contribution in [3.63, 3.8) is 0 Å². The van der Waals surface area contributed by atoms with Gasteiger partial charge in [-0.3, -0.25) is 9.98 Å². The number of hydrogen-bond acceptors (Lipinski definition) is 6. The molecule has 6 nitrogen and oxygen atoms in total. The van der Waals surface area contributed by atoms with Gasteiger partial charge in [-0.15, -0.1) is 11.8 Å². The zero-order valence-electron chi connectivity index (χ0n) is 16.5. The first kappa shape index (κ1) is 22.7. The fourth-order valence-electron chi connectivity index (χ4n) is 3.19. The van der Waals surface area contributed by atoms with Gasteiger partial charge in [-0.25, -0.2) is 9.05 Å². The number of nitrogens with zero attached hydrogens (tertiary/aromatic N) is 2. The minimum absolute atomic E-state index is 0.0634. The number of benzene rings is 2. The van der Waals surface area contributed by atoms with Gasteiger partial charge in [0, 0.05) is 10.2 Å². The zero-order chi connectivity index (χ0) is 21.9. The van der Waals surface area contributed by atoms with Crippen LogP contribution >= 0.6 is 35.6 Å². The van der Waals surface area contributed by atoms with E-state index >= 15 is 0 Å². The molecule has 0 radical (unpaired) electrons. The van der Waals surface area contributed by atoms with Gasteiger partial charge in [0.2, 0.25) is 5.30 Å². The molecule has 0 bridgehead atoms. The molecule has 0 fully saturated rings. The molecule has 1 heterocycles. The van der Waals surface area contributed by atoms with Crippen molar-refractivity contribution in [3.8, 4) is 23.0 Å². The topological polar surface area (TPSA) is 94.1 Å². The van der Waals surface area contributed by atoms with Crippen LogP contribution in [0.15, 0.2) is 64.0 Å². The largest absolute Gasteiger partial charge is 0.627 e. The van der Waals surface area contributed by atoms with Crippen molar-refractivity contribution in [1.82, 2.24) is 4.57 Å². The highest BCUT2D eigenvalue weighted by molar-refractivity contribution is 9.10. The third-order valence-corrected chi connectivity index (χ3v) is 7.99. The van der Waals surface area contributed by atoms with E-state index in [1.54, 1.807) is 10.8 Å². The van der Waals surface area contributed by atoms with E-state index in [9.17, 15) is 10.2 Å². The summed E-state index contributed by atoms with van der Waals surface area (Å²) in [6.45, 7) is 0. The minimum Gasteiger partial charge on any atom is -0.627 e. The van der Waals surface area contributed by atoms with E-state index in [4.69, 9.17) is 14.5 Å². The van der Waals surface area contributed by atoms with Crippen LogP contribution in [0.1, 0.15) is 5.56 Å². The lowest BCUT2D eigenvalue weighted by molar-refractivity contribution is -0.209. The van der Waals surface area contributed by atoms with Crippen LogP contribution in [-0.2, 0) is 9.05 Å². The number of nitriles is 1. The molecule has 30 heavy (non-hydrogen) atoms. The molecule has 1 N–H and O–H groups in total. The number of hydrogen-bond donors (Lipinski definition) is 1. The Hall–Kier alpha value is -1.98. The molecule has 0 saturated carbocycles. The van der Waals surface area contributed by atoms with Crippen LogP contribution in [0.3, 0.4) is 0 Å². The summed E-state index contributed by atoms with van der Waals surface area (Å²) in [6, 6.07) is 19.0. The van der Waals surface area contributed by atoms with Crippen molar-refractivity contribution in [2.24, 2.45) is 0 Å². The average molecular weight is 504 g/mol. The van der Waals surface area contributed by atoms with Gasteiger partial charge in [0.1, 0.15) is 6.07 Å². The number of halogens is 1. The highest BCUT2D eigenvalue weighted by atomic mass is 79.9. The minimum atomic E-state index is -3.82. The second-order valence-electron chi connectivity index (χ2n) is 6.11. The van der Waals surface area contributed by atoms with Crippen molar-refractivity contribution in [2.45, 2.75) is 4.90 Å².